The highest BCUT2D eigenvalue weighted by atomic mass is 79.9. The molecular formula is C29H29BrFNO4. The van der Waals surface area contributed by atoms with Gasteiger partial charge in [-0.25, -0.2) is 14.0 Å². The van der Waals surface area contributed by atoms with E-state index in [1.165, 1.54) is 12.1 Å². The third kappa shape index (κ3) is 5.62. The first-order valence-electron chi connectivity index (χ1n) is 11.8. The average molecular weight is 554 g/mol. The van der Waals surface area contributed by atoms with Gasteiger partial charge in [0.25, 0.3) is 0 Å². The number of carbonyl (C=O) groups excluding carboxylic acids is 2. The van der Waals surface area contributed by atoms with Crippen LogP contribution in [-0.4, -0.2) is 17.7 Å². The van der Waals surface area contributed by atoms with Crippen LogP contribution in [0.15, 0.2) is 77.3 Å². The molecule has 3 aromatic carbocycles. The van der Waals surface area contributed by atoms with E-state index in [2.05, 4.69) is 21.2 Å². The van der Waals surface area contributed by atoms with E-state index in [4.69, 9.17) is 9.47 Å². The highest BCUT2D eigenvalue weighted by Gasteiger charge is 2.51. The highest BCUT2D eigenvalue weighted by molar-refractivity contribution is 9.10. The summed E-state index contributed by atoms with van der Waals surface area (Å²) in [5, 5.41) is 3.00. The third-order valence-electron chi connectivity index (χ3n) is 6.34. The van der Waals surface area contributed by atoms with Crippen LogP contribution in [0.1, 0.15) is 66.9 Å². The smallest absolute Gasteiger partial charge is 0.408 e. The number of amides is 1. The van der Waals surface area contributed by atoms with Crippen LogP contribution in [0.25, 0.3) is 0 Å². The summed E-state index contributed by atoms with van der Waals surface area (Å²) in [6, 6.07) is 20.1. The third-order valence-corrected chi connectivity index (χ3v) is 6.87. The van der Waals surface area contributed by atoms with Crippen molar-refractivity contribution in [3.05, 3.63) is 105 Å². The van der Waals surface area contributed by atoms with Crippen molar-refractivity contribution >= 4 is 28.0 Å². The monoisotopic (exact) mass is 553 g/mol. The van der Waals surface area contributed by atoms with Gasteiger partial charge in [0.1, 0.15) is 17.5 Å². The molecule has 5 nitrogen and oxygen atoms in total. The SMILES string of the molecule is CC(C)(C)OC(=O)N[C@@H](c1ccc(F)cc1)[C@@]1(C)Cc2ccccc2[C@H]1OC(=O)c1ccc(Br)cc1. The van der Waals surface area contributed by atoms with Gasteiger partial charge in [0, 0.05) is 9.89 Å². The Bertz CT molecular complexity index is 1250. The van der Waals surface area contributed by atoms with Crippen molar-refractivity contribution in [1.82, 2.24) is 5.32 Å². The Morgan fingerprint density at radius 2 is 1.67 bits per heavy atom. The van der Waals surface area contributed by atoms with E-state index in [9.17, 15) is 14.0 Å². The summed E-state index contributed by atoms with van der Waals surface area (Å²) < 4.78 is 26.4. The molecule has 0 spiro atoms. The lowest BCUT2D eigenvalue weighted by Crippen LogP contribution is -2.44. The number of hydrogen-bond donors (Lipinski definition) is 1. The largest absolute Gasteiger partial charge is 0.453 e. The van der Waals surface area contributed by atoms with Crippen molar-refractivity contribution in [2.45, 2.75) is 51.9 Å². The number of halogens is 2. The molecule has 1 amide bonds. The molecule has 36 heavy (non-hydrogen) atoms. The highest BCUT2D eigenvalue weighted by Crippen LogP contribution is 2.54. The molecule has 0 saturated heterocycles. The van der Waals surface area contributed by atoms with Gasteiger partial charge < -0.3 is 14.8 Å². The van der Waals surface area contributed by atoms with Gasteiger partial charge in [-0.05, 0) is 80.3 Å². The van der Waals surface area contributed by atoms with Crippen LogP contribution in [0, 0.1) is 11.2 Å². The number of fused-ring (bicyclic) bond motifs is 1. The Balaban J connectivity index is 1.75. The minimum Gasteiger partial charge on any atom is -0.453 e. The molecule has 1 aliphatic carbocycles. The van der Waals surface area contributed by atoms with Crippen molar-refractivity contribution in [1.29, 1.82) is 0 Å². The lowest BCUT2D eigenvalue weighted by Gasteiger charge is -2.39. The predicted octanol–water partition coefficient (Wildman–Crippen LogP) is 7.31. The van der Waals surface area contributed by atoms with Gasteiger partial charge in [-0.2, -0.15) is 0 Å². The van der Waals surface area contributed by atoms with E-state index in [0.717, 1.165) is 15.6 Å². The van der Waals surface area contributed by atoms with Crippen LogP contribution in [0.3, 0.4) is 0 Å². The quantitative estimate of drug-likeness (QED) is 0.336. The van der Waals surface area contributed by atoms with Gasteiger partial charge in [0.05, 0.1) is 11.6 Å². The standard InChI is InChI=1S/C29H29BrFNO4/c1-28(2,3)36-27(34)32-24(18-11-15-22(31)16-12-18)29(4)17-20-7-5-6-8-23(20)25(29)35-26(33)19-9-13-21(30)14-10-19/h5-16,24-25H,17H2,1-4H3,(H,32,34)/t24-,25+,29+/m0/s1. The molecule has 0 saturated carbocycles. The Morgan fingerprint density at radius 1 is 1.03 bits per heavy atom. The van der Waals surface area contributed by atoms with Crippen molar-refractivity contribution in [2.24, 2.45) is 5.41 Å². The molecule has 1 N–H and O–H groups in total. The Hall–Kier alpha value is -3.19. The molecule has 0 radical (unpaired) electrons. The topological polar surface area (TPSA) is 64.6 Å². The van der Waals surface area contributed by atoms with Crippen LogP contribution in [0.5, 0.6) is 0 Å². The molecule has 3 aromatic rings. The summed E-state index contributed by atoms with van der Waals surface area (Å²) in [6.45, 7) is 7.33. The van der Waals surface area contributed by atoms with Gasteiger partial charge in [-0.15, -0.1) is 0 Å². The number of carbonyl (C=O) groups is 2. The summed E-state index contributed by atoms with van der Waals surface area (Å²) in [4.78, 5) is 26.2. The van der Waals surface area contributed by atoms with Crippen molar-refractivity contribution in [3.63, 3.8) is 0 Å². The maximum absolute atomic E-state index is 13.8. The predicted molar refractivity (Wildman–Crippen MR) is 139 cm³/mol. The van der Waals surface area contributed by atoms with Crippen molar-refractivity contribution in [2.75, 3.05) is 0 Å². The summed E-state index contributed by atoms with van der Waals surface area (Å²) >= 11 is 3.38. The van der Waals surface area contributed by atoms with Crippen LogP contribution < -0.4 is 5.32 Å². The molecule has 0 bridgehead atoms. The van der Waals surface area contributed by atoms with Crippen LogP contribution in [0.2, 0.25) is 0 Å². The van der Waals surface area contributed by atoms with Gasteiger partial charge in [-0.3, -0.25) is 0 Å². The molecule has 0 aromatic heterocycles. The number of benzene rings is 3. The zero-order valence-corrected chi connectivity index (χ0v) is 22.3. The molecule has 0 heterocycles. The summed E-state index contributed by atoms with van der Waals surface area (Å²) in [7, 11) is 0. The summed E-state index contributed by atoms with van der Waals surface area (Å²) in [6.07, 6.45) is -0.749. The minimum absolute atomic E-state index is 0.382. The zero-order valence-electron chi connectivity index (χ0n) is 20.7. The first kappa shape index (κ1) is 25.9. The molecular weight excluding hydrogens is 525 g/mol. The van der Waals surface area contributed by atoms with E-state index in [-0.39, 0.29) is 5.82 Å². The van der Waals surface area contributed by atoms with Crippen LogP contribution >= 0.6 is 15.9 Å². The number of ether oxygens (including phenoxy) is 2. The number of rotatable bonds is 5. The maximum Gasteiger partial charge on any atom is 0.408 e. The summed E-state index contributed by atoms with van der Waals surface area (Å²) in [5.74, 6) is -0.849. The fraction of sp³-hybridized carbons (Fsp3) is 0.310. The lowest BCUT2D eigenvalue weighted by atomic mass is 9.74. The molecule has 1 aliphatic rings. The molecule has 0 unspecified atom stereocenters. The summed E-state index contributed by atoms with van der Waals surface area (Å²) in [5.41, 5.74) is 1.51. The van der Waals surface area contributed by atoms with E-state index >= 15 is 0 Å². The van der Waals surface area contributed by atoms with Gasteiger partial charge >= 0.3 is 12.1 Å². The lowest BCUT2D eigenvalue weighted by molar-refractivity contribution is -0.0231. The van der Waals surface area contributed by atoms with E-state index in [1.807, 2.05) is 31.2 Å². The number of nitrogens with one attached hydrogen (secondary N) is 1. The van der Waals surface area contributed by atoms with Gasteiger partial charge in [0.2, 0.25) is 0 Å². The van der Waals surface area contributed by atoms with Gasteiger partial charge in [0.15, 0.2) is 0 Å². The van der Waals surface area contributed by atoms with E-state index in [0.29, 0.717) is 17.5 Å². The fourth-order valence-electron chi connectivity index (χ4n) is 4.73. The van der Waals surface area contributed by atoms with Crippen LogP contribution in [-0.2, 0) is 15.9 Å². The van der Waals surface area contributed by atoms with Gasteiger partial charge in [-0.1, -0.05) is 59.3 Å². The van der Waals surface area contributed by atoms with E-state index < -0.39 is 35.2 Å². The van der Waals surface area contributed by atoms with Crippen LogP contribution in [0.4, 0.5) is 9.18 Å². The first-order valence-corrected chi connectivity index (χ1v) is 12.5. The average Bonchev–Trinajstić information content (AvgIpc) is 3.09. The van der Waals surface area contributed by atoms with Crippen molar-refractivity contribution in [3.8, 4) is 0 Å². The second-order valence-corrected chi connectivity index (χ2v) is 11.2. The normalized spacial score (nSPS) is 19.8. The number of hydrogen-bond acceptors (Lipinski definition) is 4. The Labute approximate surface area is 219 Å². The Kier molecular flexibility index (Phi) is 7.23. The Morgan fingerprint density at radius 3 is 2.31 bits per heavy atom. The number of esters is 1. The minimum atomic E-state index is -0.788. The van der Waals surface area contributed by atoms with Crippen molar-refractivity contribution < 1.29 is 23.5 Å². The second kappa shape index (κ2) is 10.1. The zero-order chi connectivity index (χ0) is 26.1. The second-order valence-electron chi connectivity index (χ2n) is 10.3. The molecule has 188 valence electrons. The fourth-order valence-corrected chi connectivity index (χ4v) is 5.00. The molecule has 4 rings (SSSR count). The first-order chi connectivity index (χ1) is 17.0. The number of alkyl carbamates (subject to hydrolysis) is 1. The molecule has 7 heteroatoms. The van der Waals surface area contributed by atoms with E-state index in [1.54, 1.807) is 57.2 Å². The maximum atomic E-state index is 13.8. The molecule has 3 atom stereocenters. The molecule has 0 aliphatic heterocycles. The molecule has 0 fully saturated rings.